The predicted molar refractivity (Wildman–Crippen MR) is 114 cm³/mol. The van der Waals surface area contributed by atoms with Crippen LogP contribution in [0.4, 0.5) is 0 Å². The molecule has 0 amide bonds. The molecule has 0 aliphatic rings. The lowest BCUT2D eigenvalue weighted by Gasteiger charge is -2.18. The summed E-state index contributed by atoms with van der Waals surface area (Å²) in [4.78, 5) is -0.582. The second-order valence-electron chi connectivity index (χ2n) is 8.38. The quantitative estimate of drug-likeness (QED) is 0.124. The van der Waals surface area contributed by atoms with Gasteiger partial charge in [-0.15, -0.1) is 13.2 Å². The molecule has 0 aromatic heterocycles. The molecule has 0 bridgehead atoms. The molecule has 0 rings (SSSR count). The Morgan fingerprint density at radius 3 is 1.88 bits per heavy atom. The van der Waals surface area contributed by atoms with Gasteiger partial charge in [0.1, 0.15) is 0 Å². The zero-order chi connectivity index (χ0) is 20.1. The number of allylic oxidation sites excluding steroid dienone is 2. The van der Waals surface area contributed by atoms with Gasteiger partial charge in [-0.3, -0.25) is 0 Å². The summed E-state index contributed by atoms with van der Waals surface area (Å²) in [5.41, 5.74) is 4.13. The first-order chi connectivity index (χ1) is 11.2. The minimum atomic E-state index is -0.582. The van der Waals surface area contributed by atoms with Crippen LogP contribution >= 0.6 is 11.6 Å². The number of hydrogen-bond acceptors (Lipinski definition) is 4. The van der Waals surface area contributed by atoms with E-state index < -0.39 is 5.00 Å². The highest BCUT2D eigenvalue weighted by Crippen LogP contribution is 2.25. The Labute approximate surface area is 160 Å². The second-order valence-corrected chi connectivity index (χ2v) is 9.19. The summed E-state index contributed by atoms with van der Waals surface area (Å²) in [5.74, 6) is 0. The van der Waals surface area contributed by atoms with E-state index in [1.54, 1.807) is 0 Å². The molecule has 0 saturated carbocycles. The standard InChI is InChI=1S/C10H19ClN2.C10H20N2/c1-6-7-8-10(5,11)13-12-9(2,3)4;1-6-7-8-9(2)11-12-10(3,4)5/h6H,1,7-8H2,2-5H3;6,12H,1,7-8H2,2-5H3. The molecule has 0 radical (unpaired) electrons. The average molecular weight is 371 g/mol. The minimum Gasteiger partial charge on any atom is -0.305 e. The van der Waals surface area contributed by atoms with Crippen molar-refractivity contribution in [2.75, 3.05) is 0 Å². The third-order valence-electron chi connectivity index (χ3n) is 2.66. The van der Waals surface area contributed by atoms with E-state index in [4.69, 9.17) is 11.6 Å². The number of nitrogens with one attached hydrogen (secondary N) is 1. The average Bonchev–Trinajstić information content (AvgIpc) is 2.46. The Morgan fingerprint density at radius 1 is 0.960 bits per heavy atom. The molecule has 0 fully saturated rings. The van der Waals surface area contributed by atoms with Gasteiger partial charge in [0.15, 0.2) is 5.00 Å². The second kappa shape index (κ2) is 12.2. The maximum atomic E-state index is 6.11. The number of hydrogen-bond donors (Lipinski definition) is 1. The van der Waals surface area contributed by atoms with E-state index in [9.17, 15) is 0 Å². The molecule has 0 aliphatic carbocycles. The highest BCUT2D eigenvalue weighted by Gasteiger charge is 2.20. The smallest absolute Gasteiger partial charge is 0.152 e. The maximum Gasteiger partial charge on any atom is 0.152 e. The van der Waals surface area contributed by atoms with E-state index in [0.29, 0.717) is 0 Å². The normalized spacial score (nSPS) is 15.2. The van der Waals surface area contributed by atoms with Crippen molar-refractivity contribution >= 4 is 17.3 Å². The van der Waals surface area contributed by atoms with Gasteiger partial charge >= 0.3 is 0 Å². The maximum absolute atomic E-state index is 6.11. The molecule has 1 unspecified atom stereocenters. The number of alkyl halides is 1. The van der Waals surface area contributed by atoms with Gasteiger partial charge < -0.3 is 5.43 Å². The van der Waals surface area contributed by atoms with Crippen LogP contribution in [0, 0.1) is 0 Å². The minimum absolute atomic E-state index is 0.0649. The zero-order valence-corrected chi connectivity index (χ0v) is 18.4. The number of hydrazone groups is 1. The van der Waals surface area contributed by atoms with Gasteiger partial charge in [0.25, 0.3) is 0 Å². The first-order valence-electron chi connectivity index (χ1n) is 8.87. The lowest BCUT2D eigenvalue weighted by atomic mass is 10.1. The molecule has 4 nitrogen and oxygen atoms in total. The molecule has 1 N–H and O–H groups in total. The fourth-order valence-corrected chi connectivity index (χ4v) is 1.45. The van der Waals surface area contributed by atoms with Crippen LogP contribution in [0.5, 0.6) is 0 Å². The lowest BCUT2D eigenvalue weighted by Crippen LogP contribution is -2.32. The van der Waals surface area contributed by atoms with Gasteiger partial charge in [-0.1, -0.05) is 23.8 Å². The van der Waals surface area contributed by atoms with Crippen LogP contribution in [-0.2, 0) is 0 Å². The van der Waals surface area contributed by atoms with Crippen molar-refractivity contribution in [1.29, 1.82) is 0 Å². The third kappa shape index (κ3) is 22.8. The van der Waals surface area contributed by atoms with Crippen LogP contribution in [0.3, 0.4) is 0 Å². The summed E-state index contributed by atoms with van der Waals surface area (Å²) in [7, 11) is 0. The summed E-state index contributed by atoms with van der Waals surface area (Å²) in [6.07, 6.45) is 7.39. The van der Waals surface area contributed by atoms with Gasteiger partial charge in [0.2, 0.25) is 0 Å². The van der Waals surface area contributed by atoms with Gasteiger partial charge in [0.05, 0.1) is 5.54 Å². The highest BCUT2D eigenvalue weighted by atomic mass is 35.5. The monoisotopic (exact) mass is 370 g/mol. The number of rotatable bonds is 8. The van der Waals surface area contributed by atoms with Crippen LogP contribution in [0.15, 0.2) is 40.6 Å². The zero-order valence-electron chi connectivity index (χ0n) is 17.6. The molecule has 25 heavy (non-hydrogen) atoms. The van der Waals surface area contributed by atoms with Crippen LogP contribution < -0.4 is 5.43 Å². The topological polar surface area (TPSA) is 49.1 Å². The highest BCUT2D eigenvalue weighted by molar-refractivity contribution is 6.23. The van der Waals surface area contributed by atoms with E-state index in [0.717, 1.165) is 31.4 Å². The molecule has 5 heteroatoms. The Bertz CT molecular complexity index is 438. The van der Waals surface area contributed by atoms with Crippen molar-refractivity contribution in [3.8, 4) is 0 Å². The van der Waals surface area contributed by atoms with Gasteiger partial charge in [-0.05, 0) is 81.1 Å². The van der Waals surface area contributed by atoms with E-state index in [1.807, 2.05) is 46.8 Å². The van der Waals surface area contributed by atoms with Crippen LogP contribution in [0.25, 0.3) is 0 Å². The van der Waals surface area contributed by atoms with Crippen LogP contribution in [0.2, 0.25) is 0 Å². The summed E-state index contributed by atoms with van der Waals surface area (Å²) < 4.78 is 0. The fraction of sp³-hybridized carbons (Fsp3) is 0.750. The molecule has 0 saturated heterocycles. The molecule has 146 valence electrons. The van der Waals surface area contributed by atoms with E-state index in [2.05, 4.69) is 54.7 Å². The van der Waals surface area contributed by atoms with Gasteiger partial charge in [0, 0.05) is 11.3 Å². The van der Waals surface area contributed by atoms with Crippen molar-refractivity contribution in [1.82, 2.24) is 5.43 Å². The van der Waals surface area contributed by atoms with E-state index in [-0.39, 0.29) is 11.1 Å². The van der Waals surface area contributed by atoms with Gasteiger partial charge in [-0.25, -0.2) is 0 Å². The largest absolute Gasteiger partial charge is 0.305 e. The first kappa shape index (κ1) is 26.1. The molecule has 0 aromatic carbocycles. The van der Waals surface area contributed by atoms with Gasteiger partial charge in [-0.2, -0.15) is 15.3 Å². The van der Waals surface area contributed by atoms with Crippen LogP contribution in [0.1, 0.15) is 81.1 Å². The fourth-order valence-electron chi connectivity index (χ4n) is 1.30. The first-order valence-corrected chi connectivity index (χ1v) is 9.25. The summed E-state index contributed by atoms with van der Waals surface area (Å²) >= 11 is 6.11. The summed E-state index contributed by atoms with van der Waals surface area (Å²) in [6.45, 7) is 23.5. The molecule has 0 spiro atoms. The van der Waals surface area contributed by atoms with Crippen LogP contribution in [-0.4, -0.2) is 21.8 Å². The SMILES string of the molecule is C=CCCC(C)(Cl)N=NC(C)(C)C.C=CCCC(C)=NNC(C)(C)C. The number of halogens is 1. The van der Waals surface area contributed by atoms with Crippen molar-refractivity contribution < 1.29 is 0 Å². The molecule has 1 atom stereocenters. The van der Waals surface area contributed by atoms with E-state index >= 15 is 0 Å². The summed E-state index contributed by atoms with van der Waals surface area (Å²) in [5, 5.41) is 12.5. The molecular weight excluding hydrogens is 332 g/mol. The number of azo groups is 1. The van der Waals surface area contributed by atoms with Crippen molar-refractivity contribution in [2.45, 2.75) is 97.1 Å². The van der Waals surface area contributed by atoms with Crippen molar-refractivity contribution in [3.05, 3.63) is 25.3 Å². The summed E-state index contributed by atoms with van der Waals surface area (Å²) in [6, 6.07) is 0. The Kier molecular flexibility index (Phi) is 12.8. The van der Waals surface area contributed by atoms with Crippen molar-refractivity contribution in [3.63, 3.8) is 0 Å². The molecule has 0 heterocycles. The lowest BCUT2D eigenvalue weighted by molar-refractivity contribution is 0.440. The molecule has 0 aliphatic heterocycles. The Balaban J connectivity index is 0. The molecule has 0 aromatic rings. The Morgan fingerprint density at radius 2 is 1.48 bits per heavy atom. The Hall–Kier alpha value is -1.16. The third-order valence-corrected chi connectivity index (χ3v) is 2.92. The van der Waals surface area contributed by atoms with Crippen molar-refractivity contribution in [2.24, 2.45) is 15.3 Å². The predicted octanol–water partition coefficient (Wildman–Crippen LogP) is 6.87. The van der Waals surface area contributed by atoms with E-state index in [1.165, 1.54) is 0 Å². The molecular formula is C20H39ClN4. The number of nitrogens with zero attached hydrogens (tertiary/aromatic N) is 3.